The van der Waals surface area contributed by atoms with Crippen molar-refractivity contribution in [3.8, 4) is 0 Å². The Kier molecular flexibility index (Phi) is 3.38. The topological polar surface area (TPSA) is 12.0 Å². The highest BCUT2D eigenvalue weighted by Gasteiger charge is 2.46. The van der Waals surface area contributed by atoms with Crippen LogP contribution in [-0.2, 0) is 5.54 Å². The second-order valence-electron chi connectivity index (χ2n) is 5.95. The Morgan fingerprint density at radius 2 is 2.06 bits per heavy atom. The summed E-state index contributed by atoms with van der Waals surface area (Å²) in [7, 11) is 0. The molecule has 98 valence electrons. The molecule has 1 atom stereocenters. The number of hydrogen-bond donors (Lipinski definition) is 1. The van der Waals surface area contributed by atoms with Crippen LogP contribution in [0.25, 0.3) is 0 Å². The molecule has 1 saturated carbocycles. The number of hydrogen-bond acceptors (Lipinski definition) is 1. The third kappa shape index (κ3) is 2.19. The molecule has 0 radical (unpaired) electrons. The summed E-state index contributed by atoms with van der Waals surface area (Å²) in [5, 5.41) is 4.78. The van der Waals surface area contributed by atoms with Crippen molar-refractivity contribution >= 4 is 11.6 Å². The molecular formula is C16H22ClN. The van der Waals surface area contributed by atoms with Gasteiger partial charge in [-0.05, 0) is 62.3 Å². The maximum atomic E-state index is 6.33. The quantitative estimate of drug-likeness (QED) is 0.833. The van der Waals surface area contributed by atoms with Crippen LogP contribution in [0, 0.1) is 12.8 Å². The molecule has 1 aromatic rings. The second-order valence-corrected chi connectivity index (χ2v) is 6.35. The predicted molar refractivity (Wildman–Crippen MR) is 77.1 cm³/mol. The standard InChI is InChI=1S/C16H22ClN/c1-12-5-6-14(11-15(12)17)16(13-7-8-13)9-3-2-4-10-18-16/h5-6,11,13,18H,2-4,7-10H2,1H3. The lowest BCUT2D eigenvalue weighted by molar-refractivity contribution is 0.279. The highest BCUT2D eigenvalue weighted by molar-refractivity contribution is 6.31. The Labute approximate surface area is 115 Å². The van der Waals surface area contributed by atoms with Gasteiger partial charge in [0.2, 0.25) is 0 Å². The van der Waals surface area contributed by atoms with E-state index >= 15 is 0 Å². The summed E-state index contributed by atoms with van der Waals surface area (Å²) in [4.78, 5) is 0. The average Bonchev–Trinajstić information content (AvgIpc) is 3.17. The smallest absolute Gasteiger partial charge is 0.0463 e. The highest BCUT2D eigenvalue weighted by atomic mass is 35.5. The molecule has 18 heavy (non-hydrogen) atoms. The van der Waals surface area contributed by atoms with Crippen molar-refractivity contribution in [2.24, 2.45) is 5.92 Å². The molecule has 1 aliphatic carbocycles. The Balaban J connectivity index is 1.99. The maximum absolute atomic E-state index is 6.33. The molecule has 0 spiro atoms. The first-order valence-corrected chi connectivity index (χ1v) is 7.62. The molecule has 1 aliphatic heterocycles. The first kappa shape index (κ1) is 12.5. The van der Waals surface area contributed by atoms with Gasteiger partial charge in [0.25, 0.3) is 0 Å². The Morgan fingerprint density at radius 1 is 1.22 bits per heavy atom. The van der Waals surface area contributed by atoms with Crippen molar-refractivity contribution in [3.63, 3.8) is 0 Å². The van der Waals surface area contributed by atoms with Crippen molar-refractivity contribution in [2.45, 2.75) is 51.0 Å². The van der Waals surface area contributed by atoms with Gasteiger partial charge in [0.05, 0.1) is 0 Å². The SMILES string of the molecule is Cc1ccc(C2(C3CC3)CCCCCN2)cc1Cl. The van der Waals surface area contributed by atoms with Crippen LogP contribution in [0.4, 0.5) is 0 Å². The number of nitrogens with one attached hydrogen (secondary N) is 1. The minimum atomic E-state index is 0.216. The van der Waals surface area contributed by atoms with Crippen LogP contribution < -0.4 is 5.32 Å². The molecule has 0 bridgehead atoms. The van der Waals surface area contributed by atoms with E-state index in [0.29, 0.717) is 0 Å². The van der Waals surface area contributed by atoms with Crippen LogP contribution in [0.3, 0.4) is 0 Å². The monoisotopic (exact) mass is 263 g/mol. The lowest BCUT2D eigenvalue weighted by Crippen LogP contribution is -2.43. The van der Waals surface area contributed by atoms with Gasteiger partial charge in [-0.15, -0.1) is 0 Å². The van der Waals surface area contributed by atoms with Gasteiger partial charge in [-0.3, -0.25) is 0 Å². The van der Waals surface area contributed by atoms with Gasteiger partial charge in [0, 0.05) is 10.6 Å². The van der Waals surface area contributed by atoms with E-state index in [2.05, 4.69) is 30.4 Å². The van der Waals surface area contributed by atoms with Gasteiger partial charge in [0.15, 0.2) is 0 Å². The van der Waals surface area contributed by atoms with E-state index in [1.165, 1.54) is 49.7 Å². The van der Waals surface area contributed by atoms with E-state index in [4.69, 9.17) is 11.6 Å². The molecular weight excluding hydrogens is 242 g/mol. The fourth-order valence-corrected chi connectivity index (χ4v) is 3.56. The molecule has 2 aliphatic rings. The Bertz CT molecular complexity index is 429. The molecule has 1 saturated heterocycles. The van der Waals surface area contributed by atoms with Crippen LogP contribution in [-0.4, -0.2) is 6.54 Å². The van der Waals surface area contributed by atoms with Crippen molar-refractivity contribution in [3.05, 3.63) is 34.3 Å². The summed E-state index contributed by atoms with van der Waals surface area (Å²) < 4.78 is 0. The zero-order valence-corrected chi connectivity index (χ0v) is 11.9. The van der Waals surface area contributed by atoms with Gasteiger partial charge in [-0.1, -0.05) is 36.6 Å². The van der Waals surface area contributed by atoms with Gasteiger partial charge < -0.3 is 5.32 Å². The summed E-state index contributed by atoms with van der Waals surface area (Å²) in [6, 6.07) is 6.67. The molecule has 1 unspecified atom stereocenters. The van der Waals surface area contributed by atoms with Crippen molar-refractivity contribution in [1.29, 1.82) is 0 Å². The summed E-state index contributed by atoms with van der Waals surface area (Å²) in [6.45, 7) is 3.23. The van der Waals surface area contributed by atoms with Gasteiger partial charge >= 0.3 is 0 Å². The first-order chi connectivity index (χ1) is 8.72. The van der Waals surface area contributed by atoms with Gasteiger partial charge in [0.1, 0.15) is 0 Å². The molecule has 0 aromatic heterocycles. The number of aryl methyl sites for hydroxylation is 1. The molecule has 1 nitrogen and oxygen atoms in total. The van der Waals surface area contributed by atoms with Crippen LogP contribution in [0.1, 0.15) is 49.7 Å². The molecule has 3 rings (SSSR count). The number of benzene rings is 1. The van der Waals surface area contributed by atoms with E-state index in [9.17, 15) is 0 Å². The van der Waals surface area contributed by atoms with Gasteiger partial charge in [-0.25, -0.2) is 0 Å². The van der Waals surface area contributed by atoms with Crippen LogP contribution in [0.5, 0.6) is 0 Å². The third-order valence-corrected chi connectivity index (χ3v) is 5.06. The van der Waals surface area contributed by atoms with Crippen LogP contribution in [0.15, 0.2) is 18.2 Å². The largest absolute Gasteiger partial charge is 0.307 e. The summed E-state index contributed by atoms with van der Waals surface area (Å²) in [5.74, 6) is 0.828. The molecule has 1 aromatic carbocycles. The number of rotatable bonds is 2. The van der Waals surface area contributed by atoms with Crippen LogP contribution >= 0.6 is 11.6 Å². The molecule has 0 amide bonds. The lowest BCUT2D eigenvalue weighted by atomic mass is 9.81. The van der Waals surface area contributed by atoms with Crippen molar-refractivity contribution in [2.75, 3.05) is 6.54 Å². The molecule has 2 heteroatoms. The molecule has 1 N–H and O–H groups in total. The van der Waals surface area contributed by atoms with E-state index in [1.54, 1.807) is 0 Å². The summed E-state index contributed by atoms with van der Waals surface area (Å²) >= 11 is 6.33. The minimum Gasteiger partial charge on any atom is -0.307 e. The second kappa shape index (κ2) is 4.86. The Hall–Kier alpha value is -0.530. The molecule has 2 fully saturated rings. The fourth-order valence-electron chi connectivity index (χ4n) is 3.38. The predicted octanol–water partition coefficient (Wildman–Crippen LogP) is 4.42. The van der Waals surface area contributed by atoms with E-state index in [-0.39, 0.29) is 5.54 Å². The normalized spacial score (nSPS) is 29.0. The fraction of sp³-hybridized carbons (Fsp3) is 0.625. The first-order valence-electron chi connectivity index (χ1n) is 7.24. The van der Waals surface area contributed by atoms with Crippen LogP contribution in [0.2, 0.25) is 5.02 Å². The summed E-state index contributed by atoms with van der Waals surface area (Å²) in [5.41, 5.74) is 2.82. The van der Waals surface area contributed by atoms with E-state index < -0.39 is 0 Å². The summed E-state index contributed by atoms with van der Waals surface area (Å²) in [6.07, 6.45) is 8.04. The zero-order chi connectivity index (χ0) is 12.6. The minimum absolute atomic E-state index is 0.216. The third-order valence-electron chi connectivity index (χ3n) is 4.65. The maximum Gasteiger partial charge on any atom is 0.0463 e. The average molecular weight is 264 g/mol. The number of halogens is 1. The highest BCUT2D eigenvalue weighted by Crippen LogP contribution is 2.49. The Morgan fingerprint density at radius 3 is 2.78 bits per heavy atom. The van der Waals surface area contributed by atoms with E-state index in [0.717, 1.165) is 17.5 Å². The van der Waals surface area contributed by atoms with E-state index in [1.807, 2.05) is 0 Å². The van der Waals surface area contributed by atoms with Crippen molar-refractivity contribution < 1.29 is 0 Å². The van der Waals surface area contributed by atoms with Crippen molar-refractivity contribution in [1.82, 2.24) is 5.32 Å². The lowest BCUT2D eigenvalue weighted by Gasteiger charge is -2.35. The zero-order valence-electron chi connectivity index (χ0n) is 11.1. The molecule has 1 heterocycles. The van der Waals surface area contributed by atoms with Gasteiger partial charge in [-0.2, -0.15) is 0 Å².